The van der Waals surface area contributed by atoms with Crippen LogP contribution in [0.4, 0.5) is 0 Å². The first-order valence-electron chi connectivity index (χ1n) is 7.64. The van der Waals surface area contributed by atoms with E-state index in [0.717, 1.165) is 39.1 Å². The first-order chi connectivity index (χ1) is 9.53. The Morgan fingerprint density at radius 2 is 1.85 bits per heavy atom. The number of aromatic nitrogens is 2. The topological polar surface area (TPSA) is 24.3 Å². The molecule has 0 saturated heterocycles. The summed E-state index contributed by atoms with van der Waals surface area (Å²) in [6, 6.07) is 0. The van der Waals surface area contributed by atoms with Crippen molar-refractivity contribution in [2.24, 2.45) is 0 Å². The molecule has 1 aromatic rings. The predicted octanol–water partition coefficient (Wildman–Crippen LogP) is 3.00. The number of hydrogen-bond acceptors (Lipinski definition) is 3. The Bertz CT molecular complexity index is 401. The molecule has 0 aliphatic carbocycles. The fraction of sp³-hybridized carbons (Fsp3) is 0.800. The highest BCUT2D eigenvalue weighted by Crippen LogP contribution is 2.23. The number of hydrogen-bond donors (Lipinski definition) is 0. The molecule has 0 aliphatic heterocycles. The first kappa shape index (κ1) is 17.7. The third-order valence-electron chi connectivity index (χ3n) is 3.59. The van der Waals surface area contributed by atoms with Gasteiger partial charge in [0.25, 0.3) is 0 Å². The van der Waals surface area contributed by atoms with Crippen LogP contribution < -0.4 is 0 Å². The SMILES string of the molecule is CCc1nn(CC)c(CN(CC)CCCN(C)C)c1Br. The molecule has 0 N–H and O–H groups in total. The average Bonchev–Trinajstić information content (AvgIpc) is 2.73. The van der Waals surface area contributed by atoms with E-state index in [1.807, 2.05) is 0 Å². The van der Waals surface area contributed by atoms with Gasteiger partial charge in [0.05, 0.1) is 15.9 Å². The van der Waals surface area contributed by atoms with Crippen LogP contribution in [0.15, 0.2) is 4.47 Å². The van der Waals surface area contributed by atoms with Crippen LogP contribution >= 0.6 is 15.9 Å². The molecule has 0 spiro atoms. The van der Waals surface area contributed by atoms with Crippen LogP contribution in [0.25, 0.3) is 0 Å². The number of nitrogens with zero attached hydrogens (tertiary/aromatic N) is 4. The van der Waals surface area contributed by atoms with Crippen molar-refractivity contribution in [1.82, 2.24) is 19.6 Å². The monoisotopic (exact) mass is 344 g/mol. The lowest BCUT2D eigenvalue weighted by Crippen LogP contribution is -2.28. The van der Waals surface area contributed by atoms with Crippen molar-refractivity contribution in [2.45, 2.75) is 46.7 Å². The Morgan fingerprint density at radius 1 is 1.15 bits per heavy atom. The van der Waals surface area contributed by atoms with Crippen molar-refractivity contribution in [1.29, 1.82) is 0 Å². The van der Waals surface area contributed by atoms with Gasteiger partial charge >= 0.3 is 0 Å². The molecule has 1 rings (SSSR count). The molecule has 5 heteroatoms. The Morgan fingerprint density at radius 3 is 2.35 bits per heavy atom. The van der Waals surface area contributed by atoms with E-state index >= 15 is 0 Å². The van der Waals surface area contributed by atoms with Crippen molar-refractivity contribution in [3.63, 3.8) is 0 Å². The van der Waals surface area contributed by atoms with E-state index in [0.29, 0.717) is 0 Å². The minimum atomic E-state index is 0.934. The lowest BCUT2D eigenvalue weighted by Gasteiger charge is -2.22. The minimum Gasteiger partial charge on any atom is -0.309 e. The largest absolute Gasteiger partial charge is 0.309 e. The van der Waals surface area contributed by atoms with Gasteiger partial charge in [0.1, 0.15) is 0 Å². The predicted molar refractivity (Wildman–Crippen MR) is 89.1 cm³/mol. The zero-order chi connectivity index (χ0) is 15.1. The van der Waals surface area contributed by atoms with Gasteiger partial charge in [0.2, 0.25) is 0 Å². The van der Waals surface area contributed by atoms with Gasteiger partial charge in [-0.3, -0.25) is 9.58 Å². The van der Waals surface area contributed by atoms with E-state index in [2.05, 4.69) is 70.4 Å². The summed E-state index contributed by atoms with van der Waals surface area (Å²) < 4.78 is 3.34. The van der Waals surface area contributed by atoms with Crippen molar-refractivity contribution in [3.8, 4) is 0 Å². The molecule has 0 radical (unpaired) electrons. The van der Waals surface area contributed by atoms with Gasteiger partial charge in [-0.05, 0) is 69.4 Å². The van der Waals surface area contributed by atoms with Crippen LogP contribution in [0, 0.1) is 0 Å². The molecular formula is C15H29BrN4. The standard InChI is InChI=1S/C15H29BrN4/c1-6-13-15(16)14(20(8-3)17-13)12-19(7-2)11-9-10-18(4)5/h6-12H2,1-5H3. The molecule has 116 valence electrons. The molecular weight excluding hydrogens is 316 g/mol. The van der Waals surface area contributed by atoms with Crippen molar-refractivity contribution in [3.05, 3.63) is 15.9 Å². The lowest BCUT2D eigenvalue weighted by molar-refractivity contribution is 0.252. The first-order valence-corrected chi connectivity index (χ1v) is 8.43. The molecule has 1 heterocycles. The molecule has 0 bridgehead atoms. The van der Waals surface area contributed by atoms with Crippen LogP contribution in [-0.4, -0.2) is 53.3 Å². The van der Waals surface area contributed by atoms with E-state index in [1.54, 1.807) is 0 Å². The summed E-state index contributed by atoms with van der Waals surface area (Å²) in [4.78, 5) is 4.74. The number of aryl methyl sites for hydroxylation is 2. The summed E-state index contributed by atoms with van der Waals surface area (Å²) in [5.41, 5.74) is 2.49. The average molecular weight is 345 g/mol. The normalized spacial score (nSPS) is 11.8. The Balaban J connectivity index is 2.71. The molecule has 0 aromatic carbocycles. The summed E-state index contributed by atoms with van der Waals surface area (Å²) in [5.74, 6) is 0. The van der Waals surface area contributed by atoms with Crippen LogP contribution in [0.3, 0.4) is 0 Å². The van der Waals surface area contributed by atoms with Crippen molar-refractivity contribution < 1.29 is 0 Å². The molecule has 0 atom stereocenters. The van der Waals surface area contributed by atoms with Gasteiger partial charge < -0.3 is 4.90 Å². The second-order valence-corrected chi connectivity index (χ2v) is 6.20. The van der Waals surface area contributed by atoms with Crippen LogP contribution in [0.1, 0.15) is 38.6 Å². The highest BCUT2D eigenvalue weighted by atomic mass is 79.9. The Kier molecular flexibility index (Phi) is 7.77. The molecule has 0 aliphatic rings. The van der Waals surface area contributed by atoms with Crippen molar-refractivity contribution in [2.75, 3.05) is 33.7 Å². The van der Waals surface area contributed by atoms with E-state index in [9.17, 15) is 0 Å². The molecule has 0 fully saturated rings. The van der Waals surface area contributed by atoms with Crippen molar-refractivity contribution >= 4 is 15.9 Å². The molecule has 0 unspecified atom stereocenters. The highest BCUT2D eigenvalue weighted by Gasteiger charge is 2.16. The van der Waals surface area contributed by atoms with E-state index in [4.69, 9.17) is 0 Å². The van der Waals surface area contributed by atoms with Gasteiger partial charge in [-0.15, -0.1) is 0 Å². The Hall–Kier alpha value is -0.390. The second kappa shape index (κ2) is 8.80. The maximum absolute atomic E-state index is 4.68. The number of rotatable bonds is 9. The smallest absolute Gasteiger partial charge is 0.0767 e. The van der Waals surface area contributed by atoms with Gasteiger partial charge in [-0.2, -0.15) is 5.10 Å². The van der Waals surface area contributed by atoms with E-state index < -0.39 is 0 Å². The van der Waals surface area contributed by atoms with Gasteiger partial charge in [0.15, 0.2) is 0 Å². The zero-order valence-electron chi connectivity index (χ0n) is 13.6. The fourth-order valence-electron chi connectivity index (χ4n) is 2.34. The molecule has 0 amide bonds. The summed E-state index contributed by atoms with van der Waals surface area (Å²) in [6.07, 6.45) is 2.19. The molecule has 20 heavy (non-hydrogen) atoms. The quantitative estimate of drug-likeness (QED) is 0.688. The van der Waals surface area contributed by atoms with E-state index in [1.165, 1.54) is 22.3 Å². The highest BCUT2D eigenvalue weighted by molar-refractivity contribution is 9.10. The summed E-state index contributed by atoms with van der Waals surface area (Å²) in [7, 11) is 4.26. The second-order valence-electron chi connectivity index (χ2n) is 5.40. The van der Waals surface area contributed by atoms with Gasteiger partial charge in [-0.25, -0.2) is 0 Å². The summed E-state index contributed by atoms with van der Waals surface area (Å²) in [6.45, 7) is 11.8. The van der Waals surface area contributed by atoms with Gasteiger partial charge in [0, 0.05) is 13.1 Å². The maximum Gasteiger partial charge on any atom is 0.0767 e. The van der Waals surface area contributed by atoms with Crippen LogP contribution in [0.2, 0.25) is 0 Å². The third-order valence-corrected chi connectivity index (χ3v) is 4.51. The van der Waals surface area contributed by atoms with Gasteiger partial charge in [-0.1, -0.05) is 13.8 Å². The third kappa shape index (κ3) is 4.86. The lowest BCUT2D eigenvalue weighted by atomic mass is 10.2. The molecule has 4 nitrogen and oxygen atoms in total. The summed E-state index contributed by atoms with van der Waals surface area (Å²) >= 11 is 3.73. The zero-order valence-corrected chi connectivity index (χ0v) is 15.2. The van der Waals surface area contributed by atoms with Crippen LogP contribution in [-0.2, 0) is 19.5 Å². The fourth-order valence-corrected chi connectivity index (χ4v) is 3.03. The summed E-state index contributed by atoms with van der Waals surface area (Å²) in [5, 5.41) is 4.68. The van der Waals surface area contributed by atoms with E-state index in [-0.39, 0.29) is 0 Å². The Labute approximate surface area is 132 Å². The minimum absolute atomic E-state index is 0.934. The molecule has 0 saturated carbocycles. The maximum atomic E-state index is 4.68. The van der Waals surface area contributed by atoms with Crippen LogP contribution in [0.5, 0.6) is 0 Å². The molecule has 1 aromatic heterocycles. The number of halogens is 1.